The lowest BCUT2D eigenvalue weighted by molar-refractivity contribution is -0.137. The van der Waals surface area contributed by atoms with Gasteiger partial charge in [-0.2, -0.15) is 13.2 Å². The normalized spacial score (nSPS) is 10.9. The molecule has 0 spiro atoms. The molecule has 132 valence electrons. The third kappa shape index (κ3) is 5.14. The highest BCUT2D eigenvalue weighted by Gasteiger charge is 2.31. The number of nitrogens with zero attached hydrogens (tertiary/aromatic N) is 1. The van der Waals surface area contributed by atoms with Crippen LogP contribution in [-0.4, -0.2) is 49.9 Å². The van der Waals surface area contributed by atoms with Gasteiger partial charge in [-0.05, 0) is 18.2 Å². The van der Waals surface area contributed by atoms with Crippen LogP contribution in [0.1, 0.15) is 15.9 Å². The van der Waals surface area contributed by atoms with Crippen LogP contribution in [0.4, 0.5) is 18.9 Å². The minimum atomic E-state index is -4.59. The second kappa shape index (κ2) is 7.66. The Labute approximate surface area is 135 Å². The van der Waals surface area contributed by atoms with Gasteiger partial charge in [0.15, 0.2) is 6.61 Å². The van der Waals surface area contributed by atoms with Crippen LogP contribution in [0.25, 0.3) is 0 Å². The van der Waals surface area contributed by atoms with Gasteiger partial charge in [-0.1, -0.05) is 0 Å². The number of rotatable bonds is 5. The zero-order chi connectivity index (χ0) is 18.5. The summed E-state index contributed by atoms with van der Waals surface area (Å²) >= 11 is 0. The number of esters is 1. The van der Waals surface area contributed by atoms with Gasteiger partial charge in [0, 0.05) is 19.8 Å². The van der Waals surface area contributed by atoms with Crippen LogP contribution in [0.2, 0.25) is 0 Å². The number of nitrogens with one attached hydrogen (secondary N) is 1. The van der Waals surface area contributed by atoms with Gasteiger partial charge in [-0.3, -0.25) is 9.59 Å². The van der Waals surface area contributed by atoms with Crippen molar-refractivity contribution in [3.05, 3.63) is 29.3 Å². The van der Waals surface area contributed by atoms with Crippen LogP contribution in [-0.2, 0) is 20.5 Å². The van der Waals surface area contributed by atoms with Crippen LogP contribution < -0.4 is 11.1 Å². The second-order valence-corrected chi connectivity index (χ2v) is 4.80. The minimum Gasteiger partial charge on any atom is -0.452 e. The summed E-state index contributed by atoms with van der Waals surface area (Å²) in [6.07, 6.45) is -4.59. The van der Waals surface area contributed by atoms with Crippen molar-refractivity contribution in [1.29, 1.82) is 0 Å². The molecule has 0 aromatic heterocycles. The summed E-state index contributed by atoms with van der Waals surface area (Å²) in [7, 11) is 2.73. The fourth-order valence-electron chi connectivity index (χ4n) is 1.62. The number of halogens is 3. The highest BCUT2D eigenvalue weighted by molar-refractivity contribution is 5.96. The number of amides is 2. The molecule has 0 unspecified atom stereocenters. The van der Waals surface area contributed by atoms with Gasteiger partial charge in [-0.15, -0.1) is 0 Å². The number of likely N-dealkylation sites (N-methyl/N-ethyl adjacent to an activating group) is 2. The number of carbonyl (C=O) groups is 3. The van der Waals surface area contributed by atoms with Crippen molar-refractivity contribution in [3.8, 4) is 0 Å². The third-order valence-electron chi connectivity index (χ3n) is 3.01. The lowest BCUT2D eigenvalue weighted by Crippen LogP contribution is -2.39. The predicted molar refractivity (Wildman–Crippen MR) is 77.8 cm³/mol. The minimum absolute atomic E-state index is 0.227. The summed E-state index contributed by atoms with van der Waals surface area (Å²) < 4.78 is 42.3. The van der Waals surface area contributed by atoms with E-state index in [-0.39, 0.29) is 12.1 Å². The molecule has 24 heavy (non-hydrogen) atoms. The molecule has 3 N–H and O–H groups in total. The molecular weight excluding hydrogens is 331 g/mol. The summed E-state index contributed by atoms with van der Waals surface area (Å²) in [5.74, 6) is -2.11. The Hall–Kier alpha value is -2.78. The molecule has 0 aliphatic carbocycles. The van der Waals surface area contributed by atoms with E-state index in [1.807, 2.05) is 0 Å². The fraction of sp³-hybridized carbons (Fsp3) is 0.357. The van der Waals surface area contributed by atoms with Crippen molar-refractivity contribution >= 4 is 23.5 Å². The van der Waals surface area contributed by atoms with E-state index >= 15 is 0 Å². The number of nitrogen functional groups attached to an aromatic ring is 1. The Bertz CT molecular complexity index is 647. The van der Waals surface area contributed by atoms with Gasteiger partial charge < -0.3 is 20.7 Å². The number of hydrogen-bond acceptors (Lipinski definition) is 5. The molecule has 0 atom stereocenters. The Morgan fingerprint density at radius 2 is 1.92 bits per heavy atom. The van der Waals surface area contributed by atoms with Crippen molar-refractivity contribution in [2.45, 2.75) is 6.18 Å². The predicted octanol–water partition coefficient (Wildman–Crippen LogP) is 0.649. The topological polar surface area (TPSA) is 102 Å². The molecule has 0 aliphatic rings. The van der Waals surface area contributed by atoms with E-state index in [4.69, 9.17) is 10.5 Å². The van der Waals surface area contributed by atoms with Crippen molar-refractivity contribution in [2.24, 2.45) is 0 Å². The molecule has 1 aromatic rings. The number of anilines is 1. The molecule has 2 amide bonds. The van der Waals surface area contributed by atoms with Crippen molar-refractivity contribution in [1.82, 2.24) is 10.2 Å². The first-order chi connectivity index (χ1) is 11.1. The van der Waals surface area contributed by atoms with Crippen LogP contribution in [0.5, 0.6) is 0 Å². The molecule has 0 fully saturated rings. The molecular formula is C14H16F3N3O4. The molecule has 1 aromatic carbocycles. The second-order valence-electron chi connectivity index (χ2n) is 4.80. The first kappa shape index (κ1) is 19.3. The number of ether oxygens (including phenoxy) is 1. The van der Waals surface area contributed by atoms with Crippen molar-refractivity contribution < 1.29 is 32.3 Å². The first-order valence-electron chi connectivity index (χ1n) is 6.64. The van der Waals surface area contributed by atoms with Crippen LogP contribution in [0.15, 0.2) is 18.2 Å². The molecule has 1 rings (SSSR count). The SMILES string of the molecule is CNC(=O)CN(C)C(=O)COC(=O)c1ccc(C(F)(F)F)cc1N. The Balaban J connectivity index is 2.69. The van der Waals surface area contributed by atoms with Crippen LogP contribution >= 0.6 is 0 Å². The summed E-state index contributed by atoms with van der Waals surface area (Å²) in [6, 6.07) is 2.17. The lowest BCUT2D eigenvalue weighted by atomic mass is 10.1. The Kier molecular flexibility index (Phi) is 6.15. The summed E-state index contributed by atoms with van der Waals surface area (Å²) in [4.78, 5) is 35.6. The van der Waals surface area contributed by atoms with E-state index < -0.39 is 41.8 Å². The van der Waals surface area contributed by atoms with E-state index in [1.165, 1.54) is 14.1 Å². The number of hydrogen-bond donors (Lipinski definition) is 2. The maximum absolute atomic E-state index is 12.5. The zero-order valence-electron chi connectivity index (χ0n) is 12.9. The molecule has 7 nitrogen and oxygen atoms in total. The van der Waals surface area contributed by atoms with E-state index in [1.54, 1.807) is 0 Å². The summed E-state index contributed by atoms with van der Waals surface area (Å²) in [5, 5.41) is 2.32. The largest absolute Gasteiger partial charge is 0.452 e. The fourth-order valence-corrected chi connectivity index (χ4v) is 1.62. The Morgan fingerprint density at radius 1 is 1.29 bits per heavy atom. The molecule has 10 heteroatoms. The quantitative estimate of drug-likeness (QED) is 0.601. The van der Waals surface area contributed by atoms with Gasteiger partial charge in [0.2, 0.25) is 5.91 Å². The van der Waals surface area contributed by atoms with Crippen LogP contribution in [0, 0.1) is 0 Å². The first-order valence-corrected chi connectivity index (χ1v) is 6.64. The van der Waals surface area contributed by atoms with Gasteiger partial charge in [0.25, 0.3) is 5.91 Å². The monoisotopic (exact) mass is 347 g/mol. The maximum Gasteiger partial charge on any atom is 0.416 e. The number of nitrogens with two attached hydrogens (primary N) is 1. The summed E-state index contributed by atoms with van der Waals surface area (Å²) in [5.41, 5.74) is 3.72. The van der Waals surface area contributed by atoms with Gasteiger partial charge in [0.1, 0.15) is 0 Å². The number of carbonyl (C=O) groups excluding carboxylic acids is 3. The molecule has 0 bridgehead atoms. The lowest BCUT2D eigenvalue weighted by Gasteiger charge is -2.16. The average molecular weight is 347 g/mol. The van der Waals surface area contributed by atoms with Crippen molar-refractivity contribution in [3.63, 3.8) is 0 Å². The highest BCUT2D eigenvalue weighted by Crippen LogP contribution is 2.31. The van der Waals surface area contributed by atoms with E-state index in [2.05, 4.69) is 5.32 Å². The number of benzene rings is 1. The van der Waals surface area contributed by atoms with E-state index in [9.17, 15) is 27.6 Å². The standard InChI is InChI=1S/C14H16F3N3O4/c1-19-11(21)6-20(2)12(22)7-24-13(23)9-4-3-8(5-10(9)18)14(15,16)17/h3-5H,6-7,18H2,1-2H3,(H,19,21). The molecule has 0 aliphatic heterocycles. The van der Waals surface area contributed by atoms with Gasteiger partial charge in [0.05, 0.1) is 17.7 Å². The number of alkyl halides is 3. The summed E-state index contributed by atoms with van der Waals surface area (Å²) in [6.45, 7) is -0.901. The smallest absolute Gasteiger partial charge is 0.416 e. The zero-order valence-corrected chi connectivity index (χ0v) is 12.9. The van der Waals surface area contributed by atoms with Gasteiger partial charge in [-0.25, -0.2) is 4.79 Å². The van der Waals surface area contributed by atoms with Gasteiger partial charge >= 0.3 is 12.1 Å². The highest BCUT2D eigenvalue weighted by atomic mass is 19.4. The van der Waals surface area contributed by atoms with Crippen molar-refractivity contribution in [2.75, 3.05) is 33.0 Å². The molecule has 0 saturated carbocycles. The molecule has 0 radical (unpaired) electrons. The Morgan fingerprint density at radius 3 is 2.42 bits per heavy atom. The van der Waals surface area contributed by atoms with E-state index in [0.717, 1.165) is 11.0 Å². The third-order valence-corrected chi connectivity index (χ3v) is 3.01. The van der Waals surface area contributed by atoms with Crippen LogP contribution in [0.3, 0.4) is 0 Å². The van der Waals surface area contributed by atoms with E-state index in [0.29, 0.717) is 12.1 Å². The average Bonchev–Trinajstić information content (AvgIpc) is 2.50. The maximum atomic E-state index is 12.5. The molecule has 0 saturated heterocycles. The molecule has 0 heterocycles.